The van der Waals surface area contributed by atoms with E-state index in [9.17, 15) is 4.39 Å². The van der Waals surface area contributed by atoms with Crippen LogP contribution in [0.15, 0.2) is 24.3 Å². The quantitative estimate of drug-likeness (QED) is 0.287. The minimum atomic E-state index is -0.130. The van der Waals surface area contributed by atoms with Crippen LogP contribution in [0.3, 0.4) is 0 Å². The second-order valence-corrected chi connectivity index (χ2v) is 8.70. The summed E-state index contributed by atoms with van der Waals surface area (Å²) in [5, 5.41) is 0. The van der Waals surface area contributed by atoms with Crippen LogP contribution in [0, 0.1) is 5.82 Å². The summed E-state index contributed by atoms with van der Waals surface area (Å²) in [4.78, 5) is 0. The summed E-state index contributed by atoms with van der Waals surface area (Å²) in [6.07, 6.45) is 16.4. The van der Waals surface area contributed by atoms with Crippen molar-refractivity contribution in [3.8, 4) is 0 Å². The van der Waals surface area contributed by atoms with Crippen LogP contribution in [-0.4, -0.2) is 12.0 Å². The van der Waals surface area contributed by atoms with E-state index in [1.54, 1.807) is 12.1 Å². The molecular weight excluding hydrogens is 291 g/mol. The first-order valence-corrected chi connectivity index (χ1v) is 11.0. The zero-order chi connectivity index (χ0) is 16.0. The Morgan fingerprint density at radius 3 is 1.82 bits per heavy atom. The molecule has 0 spiro atoms. The van der Waals surface area contributed by atoms with Gasteiger partial charge in [-0.1, -0.05) is 70.4 Å². The minimum Gasteiger partial charge on any atom is -0.207 e. The molecule has 1 rings (SSSR count). The van der Waals surface area contributed by atoms with E-state index in [1.165, 1.54) is 75.5 Å². The molecule has 0 N–H and O–H groups in total. The number of halogens is 1. The molecule has 1 aromatic rings. The molecule has 22 heavy (non-hydrogen) atoms. The lowest BCUT2D eigenvalue weighted by Gasteiger charge is -2.05. The highest BCUT2D eigenvalue weighted by atomic mass is 32.2. The zero-order valence-electron chi connectivity index (χ0n) is 14.6. The molecule has 0 aliphatic rings. The van der Waals surface area contributed by atoms with Gasteiger partial charge in [0.25, 0.3) is 0 Å². The molecule has 0 radical (unpaired) electrons. The highest BCUT2D eigenvalue weighted by Crippen LogP contribution is 2.13. The molecule has 1 aromatic carbocycles. The molecule has 0 saturated carbocycles. The first-order valence-electron chi connectivity index (χ1n) is 9.06. The zero-order valence-corrected chi connectivity index (χ0v) is 15.4. The molecule has 0 aromatic heterocycles. The molecule has 1 unspecified atom stereocenters. The topological polar surface area (TPSA) is 0 Å². The third-order valence-corrected chi connectivity index (χ3v) is 5.98. The average molecular weight is 326 g/mol. The van der Waals surface area contributed by atoms with Crippen molar-refractivity contribution >= 4 is 10.9 Å². The van der Waals surface area contributed by atoms with Crippen LogP contribution >= 0.6 is 0 Å². The lowest BCUT2D eigenvalue weighted by molar-refractivity contribution is 0.563. The van der Waals surface area contributed by atoms with Crippen LogP contribution in [0.25, 0.3) is 0 Å². The van der Waals surface area contributed by atoms with Gasteiger partial charge in [0.2, 0.25) is 0 Å². The van der Waals surface area contributed by atoms with Gasteiger partial charge >= 0.3 is 0 Å². The van der Waals surface area contributed by atoms with Gasteiger partial charge in [-0.15, -0.1) is 0 Å². The standard InChI is InChI=1S/C20H34FS/c1-3-4-5-6-7-8-9-10-11-12-17-22(2)18-19-13-15-20(21)16-14-19/h13-16H,3-12,17-18H2,1-2H3/q+1. The Hall–Kier alpha value is -0.500. The van der Waals surface area contributed by atoms with Crippen LogP contribution < -0.4 is 0 Å². The van der Waals surface area contributed by atoms with Gasteiger partial charge in [-0.2, -0.15) is 0 Å². The first kappa shape index (κ1) is 19.5. The van der Waals surface area contributed by atoms with E-state index in [4.69, 9.17) is 0 Å². The number of rotatable bonds is 13. The van der Waals surface area contributed by atoms with Gasteiger partial charge in [0.1, 0.15) is 17.3 Å². The van der Waals surface area contributed by atoms with Gasteiger partial charge in [-0.05, 0) is 35.9 Å². The van der Waals surface area contributed by atoms with Crippen LogP contribution in [0.5, 0.6) is 0 Å². The van der Waals surface area contributed by atoms with Crippen molar-refractivity contribution in [2.75, 3.05) is 12.0 Å². The van der Waals surface area contributed by atoms with Crippen molar-refractivity contribution in [1.82, 2.24) is 0 Å². The van der Waals surface area contributed by atoms with Gasteiger partial charge in [0.15, 0.2) is 0 Å². The van der Waals surface area contributed by atoms with Crippen molar-refractivity contribution < 1.29 is 4.39 Å². The first-order chi connectivity index (χ1) is 10.7. The Bertz CT molecular complexity index is 360. The Labute approximate surface area is 140 Å². The maximum absolute atomic E-state index is 12.9. The van der Waals surface area contributed by atoms with Crippen molar-refractivity contribution in [3.63, 3.8) is 0 Å². The predicted molar refractivity (Wildman–Crippen MR) is 100 cm³/mol. The number of unbranched alkanes of at least 4 members (excludes halogenated alkanes) is 9. The van der Waals surface area contributed by atoms with Gasteiger partial charge < -0.3 is 0 Å². The molecule has 0 fully saturated rings. The Morgan fingerprint density at radius 2 is 1.27 bits per heavy atom. The minimum absolute atomic E-state index is 0.130. The molecular formula is C20H34FS+. The van der Waals surface area contributed by atoms with E-state index in [2.05, 4.69) is 13.2 Å². The fraction of sp³-hybridized carbons (Fsp3) is 0.700. The van der Waals surface area contributed by atoms with Crippen molar-refractivity contribution in [2.45, 2.75) is 76.9 Å². The van der Waals surface area contributed by atoms with E-state index in [-0.39, 0.29) is 5.82 Å². The smallest absolute Gasteiger partial charge is 0.132 e. The summed E-state index contributed by atoms with van der Waals surface area (Å²) in [6, 6.07) is 7.01. The molecule has 0 bridgehead atoms. The molecule has 0 aliphatic carbocycles. The lowest BCUT2D eigenvalue weighted by Crippen LogP contribution is -2.08. The van der Waals surface area contributed by atoms with Crippen LogP contribution in [0.4, 0.5) is 4.39 Å². The number of hydrogen-bond acceptors (Lipinski definition) is 0. The highest BCUT2D eigenvalue weighted by Gasteiger charge is 2.11. The average Bonchev–Trinajstić information content (AvgIpc) is 2.51. The van der Waals surface area contributed by atoms with Crippen molar-refractivity contribution in [1.29, 1.82) is 0 Å². The molecule has 0 amide bonds. The Morgan fingerprint density at radius 1 is 0.773 bits per heavy atom. The van der Waals surface area contributed by atoms with Crippen LogP contribution in [0.2, 0.25) is 0 Å². The van der Waals surface area contributed by atoms with E-state index >= 15 is 0 Å². The second kappa shape index (κ2) is 13.0. The largest absolute Gasteiger partial charge is 0.207 e. The summed E-state index contributed by atoms with van der Waals surface area (Å²) < 4.78 is 12.9. The van der Waals surface area contributed by atoms with E-state index in [0.717, 1.165) is 5.75 Å². The maximum Gasteiger partial charge on any atom is 0.132 e. The summed E-state index contributed by atoms with van der Waals surface area (Å²) in [6.45, 7) is 2.28. The second-order valence-electron chi connectivity index (χ2n) is 6.44. The molecule has 0 nitrogen and oxygen atoms in total. The highest BCUT2D eigenvalue weighted by molar-refractivity contribution is 7.95. The van der Waals surface area contributed by atoms with Gasteiger partial charge in [0.05, 0.1) is 6.26 Å². The van der Waals surface area contributed by atoms with Gasteiger partial charge in [-0.3, -0.25) is 0 Å². The van der Waals surface area contributed by atoms with E-state index in [1.807, 2.05) is 12.1 Å². The monoisotopic (exact) mass is 325 g/mol. The molecule has 0 aliphatic heterocycles. The molecule has 0 saturated heterocycles. The molecule has 0 heterocycles. The van der Waals surface area contributed by atoms with Crippen LogP contribution in [-0.2, 0) is 16.6 Å². The summed E-state index contributed by atoms with van der Waals surface area (Å²) in [7, 11) is 0.437. The third kappa shape index (κ3) is 10.3. The van der Waals surface area contributed by atoms with E-state index in [0.29, 0.717) is 10.9 Å². The Balaban J connectivity index is 1.92. The summed E-state index contributed by atoms with van der Waals surface area (Å²) >= 11 is 0. The predicted octanol–water partition coefficient (Wildman–Crippen LogP) is 6.49. The molecule has 2 heteroatoms. The van der Waals surface area contributed by atoms with Gasteiger partial charge in [-0.25, -0.2) is 4.39 Å². The normalized spacial score (nSPS) is 12.5. The summed E-state index contributed by atoms with van der Waals surface area (Å²) in [5.41, 5.74) is 1.28. The SMILES string of the molecule is CCCCCCCCCCCC[S+](C)Cc1ccc(F)cc1. The summed E-state index contributed by atoms with van der Waals surface area (Å²) in [5.74, 6) is 2.31. The number of hydrogen-bond donors (Lipinski definition) is 0. The molecule has 126 valence electrons. The van der Waals surface area contributed by atoms with Crippen LogP contribution in [0.1, 0.15) is 76.7 Å². The van der Waals surface area contributed by atoms with Gasteiger partial charge in [0, 0.05) is 5.56 Å². The third-order valence-electron chi connectivity index (χ3n) is 4.17. The lowest BCUT2D eigenvalue weighted by atomic mass is 10.1. The fourth-order valence-corrected chi connectivity index (χ4v) is 4.38. The maximum atomic E-state index is 12.9. The fourth-order valence-electron chi connectivity index (χ4n) is 2.77. The number of benzene rings is 1. The van der Waals surface area contributed by atoms with Crippen molar-refractivity contribution in [2.24, 2.45) is 0 Å². The van der Waals surface area contributed by atoms with E-state index < -0.39 is 0 Å². The molecule has 1 atom stereocenters. The Kier molecular flexibility index (Phi) is 11.5. The van der Waals surface area contributed by atoms with Crippen molar-refractivity contribution in [3.05, 3.63) is 35.6 Å².